The van der Waals surface area contributed by atoms with Crippen molar-refractivity contribution in [2.45, 2.75) is 53.3 Å². The summed E-state index contributed by atoms with van der Waals surface area (Å²) >= 11 is 0. The molecule has 2 aromatic carbocycles. The smallest absolute Gasteiger partial charge is 0.410 e. The number of carbonyl (C=O) groups excluding carboxylic acids is 2. The molecular formula is C30H36N6O6. The van der Waals surface area contributed by atoms with E-state index in [1.165, 1.54) is 17.2 Å². The van der Waals surface area contributed by atoms with Gasteiger partial charge in [0.05, 0.1) is 37.5 Å². The van der Waals surface area contributed by atoms with E-state index in [1.807, 2.05) is 52.8 Å². The van der Waals surface area contributed by atoms with Crippen LogP contribution in [-0.4, -0.2) is 63.0 Å². The molecule has 0 spiro atoms. The van der Waals surface area contributed by atoms with Crippen LogP contribution in [-0.2, 0) is 22.6 Å². The lowest BCUT2D eigenvalue weighted by Gasteiger charge is -2.26. The molecule has 0 radical (unpaired) electrons. The number of anilines is 1. The van der Waals surface area contributed by atoms with Gasteiger partial charge in [-0.3, -0.25) is 9.48 Å². The van der Waals surface area contributed by atoms with Crippen LogP contribution in [0.4, 0.5) is 10.5 Å². The van der Waals surface area contributed by atoms with Gasteiger partial charge < -0.3 is 29.2 Å². The number of nitrogens with zero attached hydrogens (tertiary/aromatic N) is 5. The number of amides is 2. The number of hydrogen-bond acceptors (Lipinski definition) is 9. The minimum atomic E-state index is -0.585. The first kappa shape index (κ1) is 30.1. The molecule has 4 rings (SSSR count). The van der Waals surface area contributed by atoms with Crippen molar-refractivity contribution in [1.29, 1.82) is 0 Å². The highest BCUT2D eigenvalue weighted by atomic mass is 16.6. The molecule has 0 fully saturated rings. The van der Waals surface area contributed by atoms with Crippen molar-refractivity contribution >= 4 is 28.6 Å². The molecule has 0 saturated carbocycles. The number of rotatable bonds is 10. The quantitative estimate of drug-likeness (QED) is 0.266. The van der Waals surface area contributed by atoms with E-state index in [0.29, 0.717) is 52.8 Å². The fraction of sp³-hybridized carbons (Fsp3) is 0.367. The van der Waals surface area contributed by atoms with E-state index in [9.17, 15) is 9.59 Å². The first-order chi connectivity index (χ1) is 20.0. The Morgan fingerprint density at radius 3 is 2.45 bits per heavy atom. The number of aryl methyl sites for hydroxylation is 1. The Morgan fingerprint density at radius 2 is 1.76 bits per heavy atom. The Hall–Kier alpha value is -4.87. The van der Waals surface area contributed by atoms with Crippen LogP contribution < -0.4 is 19.5 Å². The van der Waals surface area contributed by atoms with Crippen LogP contribution in [0.25, 0.3) is 10.9 Å². The molecule has 0 aliphatic heterocycles. The standard InChI is InChI=1S/C30H36N6O6/c1-8-35(29(38)42-30(3,4)5)15-20-9-19(2)10-21(11-20)34-27(37)17-36-16-22(14-33-36)41-28-23-12-25(39-6)26(40-7)13-24(23)31-18-32-28/h9-14,16,18H,8,15,17H2,1-7H3,(H,34,37). The van der Waals surface area contributed by atoms with Gasteiger partial charge in [-0.1, -0.05) is 6.07 Å². The molecule has 2 heterocycles. The zero-order chi connectivity index (χ0) is 30.4. The minimum absolute atomic E-state index is 0.0405. The molecule has 12 heteroatoms. The number of hydrogen-bond donors (Lipinski definition) is 1. The molecule has 0 aliphatic rings. The number of ether oxygens (including phenoxy) is 4. The van der Waals surface area contributed by atoms with Crippen LogP contribution in [0.1, 0.15) is 38.8 Å². The molecule has 222 valence electrons. The lowest BCUT2D eigenvalue weighted by molar-refractivity contribution is -0.116. The summed E-state index contributed by atoms with van der Waals surface area (Å²) < 4.78 is 23.7. The van der Waals surface area contributed by atoms with Gasteiger partial charge in [0.15, 0.2) is 17.2 Å². The van der Waals surface area contributed by atoms with Gasteiger partial charge in [-0.2, -0.15) is 5.10 Å². The molecule has 0 bridgehead atoms. The molecule has 1 N–H and O–H groups in total. The molecule has 12 nitrogen and oxygen atoms in total. The Kier molecular flexibility index (Phi) is 9.14. The number of aromatic nitrogens is 4. The number of nitrogens with one attached hydrogen (secondary N) is 1. The normalized spacial score (nSPS) is 11.2. The molecule has 0 saturated heterocycles. The third-order valence-electron chi connectivity index (χ3n) is 6.06. The highest BCUT2D eigenvalue weighted by molar-refractivity contribution is 5.90. The lowest BCUT2D eigenvalue weighted by Crippen LogP contribution is -2.36. The van der Waals surface area contributed by atoms with Crippen LogP contribution >= 0.6 is 0 Å². The Balaban J connectivity index is 1.42. The summed E-state index contributed by atoms with van der Waals surface area (Å²) in [4.78, 5) is 35.6. The van der Waals surface area contributed by atoms with E-state index in [4.69, 9.17) is 18.9 Å². The van der Waals surface area contributed by atoms with E-state index < -0.39 is 5.60 Å². The average molecular weight is 577 g/mol. The monoisotopic (exact) mass is 576 g/mol. The van der Waals surface area contributed by atoms with Crippen molar-refractivity contribution in [3.8, 4) is 23.1 Å². The predicted octanol–water partition coefficient (Wildman–Crippen LogP) is 5.34. The van der Waals surface area contributed by atoms with Crippen molar-refractivity contribution in [3.63, 3.8) is 0 Å². The van der Waals surface area contributed by atoms with Gasteiger partial charge >= 0.3 is 6.09 Å². The van der Waals surface area contributed by atoms with Crippen LogP contribution in [0.2, 0.25) is 0 Å². The van der Waals surface area contributed by atoms with Gasteiger partial charge in [-0.15, -0.1) is 0 Å². The van der Waals surface area contributed by atoms with Crippen molar-refractivity contribution < 1.29 is 28.5 Å². The second-order valence-electron chi connectivity index (χ2n) is 10.6. The van der Waals surface area contributed by atoms with Gasteiger partial charge in [-0.25, -0.2) is 14.8 Å². The number of fused-ring (bicyclic) bond motifs is 1. The number of methoxy groups -OCH3 is 2. The summed E-state index contributed by atoms with van der Waals surface area (Å²) in [5, 5.41) is 7.80. The molecule has 42 heavy (non-hydrogen) atoms. The van der Waals surface area contributed by atoms with Crippen molar-refractivity contribution in [2.24, 2.45) is 0 Å². The molecule has 2 aromatic heterocycles. The predicted molar refractivity (Wildman–Crippen MR) is 157 cm³/mol. The van der Waals surface area contributed by atoms with E-state index >= 15 is 0 Å². The minimum Gasteiger partial charge on any atom is -0.493 e. The maximum atomic E-state index is 12.9. The maximum Gasteiger partial charge on any atom is 0.410 e. The third-order valence-corrected chi connectivity index (χ3v) is 6.06. The highest BCUT2D eigenvalue weighted by Crippen LogP contribution is 2.35. The SMILES string of the molecule is CCN(Cc1cc(C)cc(NC(=O)Cn2cc(Oc3ncnc4cc(OC)c(OC)cc34)cn2)c1)C(=O)OC(C)(C)C. The first-order valence-corrected chi connectivity index (χ1v) is 13.4. The van der Waals surface area contributed by atoms with Gasteiger partial charge in [0, 0.05) is 24.8 Å². The summed E-state index contributed by atoms with van der Waals surface area (Å²) in [7, 11) is 3.10. The van der Waals surface area contributed by atoms with E-state index in [0.717, 1.165) is 11.1 Å². The fourth-order valence-corrected chi connectivity index (χ4v) is 4.26. The van der Waals surface area contributed by atoms with Crippen molar-refractivity contribution in [3.05, 3.63) is 60.2 Å². The van der Waals surface area contributed by atoms with E-state index in [1.54, 1.807) is 37.4 Å². The second-order valence-corrected chi connectivity index (χ2v) is 10.6. The summed E-state index contributed by atoms with van der Waals surface area (Å²) in [5.74, 6) is 1.50. The number of benzene rings is 2. The zero-order valence-electron chi connectivity index (χ0n) is 24.9. The van der Waals surface area contributed by atoms with E-state index in [-0.39, 0.29) is 18.5 Å². The van der Waals surface area contributed by atoms with Crippen LogP contribution in [0, 0.1) is 6.92 Å². The Labute approximate surface area is 244 Å². The summed E-state index contributed by atoms with van der Waals surface area (Å²) in [6.45, 7) is 10.1. The first-order valence-electron chi connectivity index (χ1n) is 13.4. The summed E-state index contributed by atoms with van der Waals surface area (Å²) in [6, 6.07) is 9.17. The summed E-state index contributed by atoms with van der Waals surface area (Å²) in [6.07, 6.45) is 4.12. The molecule has 0 atom stereocenters. The Bertz CT molecular complexity index is 1580. The lowest BCUT2D eigenvalue weighted by atomic mass is 10.1. The molecule has 0 aliphatic carbocycles. The zero-order valence-corrected chi connectivity index (χ0v) is 24.9. The second kappa shape index (κ2) is 12.8. The van der Waals surface area contributed by atoms with Gasteiger partial charge in [-0.05, 0) is 63.9 Å². The highest BCUT2D eigenvalue weighted by Gasteiger charge is 2.21. The molecule has 0 unspecified atom stereocenters. The maximum absolute atomic E-state index is 12.9. The van der Waals surface area contributed by atoms with Gasteiger partial charge in [0.1, 0.15) is 18.5 Å². The third kappa shape index (κ3) is 7.65. The van der Waals surface area contributed by atoms with Crippen LogP contribution in [0.5, 0.6) is 23.1 Å². The van der Waals surface area contributed by atoms with E-state index in [2.05, 4.69) is 20.4 Å². The van der Waals surface area contributed by atoms with Crippen LogP contribution in [0.15, 0.2) is 49.1 Å². The van der Waals surface area contributed by atoms with Crippen molar-refractivity contribution in [2.75, 3.05) is 26.1 Å². The van der Waals surface area contributed by atoms with Gasteiger partial charge in [0.25, 0.3) is 0 Å². The Morgan fingerprint density at radius 1 is 1.02 bits per heavy atom. The molecule has 2 amide bonds. The van der Waals surface area contributed by atoms with Crippen LogP contribution in [0.3, 0.4) is 0 Å². The summed E-state index contributed by atoms with van der Waals surface area (Å²) in [5.41, 5.74) is 2.48. The topological polar surface area (TPSA) is 130 Å². The van der Waals surface area contributed by atoms with Gasteiger partial charge in [0.2, 0.25) is 11.8 Å². The largest absolute Gasteiger partial charge is 0.493 e. The molecule has 4 aromatic rings. The fourth-order valence-electron chi connectivity index (χ4n) is 4.26. The van der Waals surface area contributed by atoms with Crippen molar-refractivity contribution in [1.82, 2.24) is 24.6 Å². The average Bonchev–Trinajstić information content (AvgIpc) is 3.35. The molecular weight excluding hydrogens is 540 g/mol. The number of carbonyl (C=O) groups is 2.